The molecule has 4 N–H and O–H groups in total. The molecule has 0 amide bonds. The summed E-state index contributed by atoms with van der Waals surface area (Å²) in [5, 5.41) is 5.39. The second-order valence-electron chi connectivity index (χ2n) is 4.05. The van der Waals surface area contributed by atoms with Crippen LogP contribution >= 0.6 is 0 Å². The van der Waals surface area contributed by atoms with Gasteiger partial charge in [-0.1, -0.05) is 0 Å². The Morgan fingerprint density at radius 1 is 1.11 bits per heavy atom. The summed E-state index contributed by atoms with van der Waals surface area (Å²) in [4.78, 5) is 11.2. The molecule has 0 atom stereocenters. The topological polar surface area (TPSA) is 79.6 Å². The molecule has 0 fully saturated rings. The van der Waals surface area contributed by atoms with E-state index in [-0.39, 0.29) is 0 Å². The van der Waals surface area contributed by atoms with E-state index in [0.29, 0.717) is 6.54 Å². The van der Waals surface area contributed by atoms with Crippen molar-refractivity contribution in [3.8, 4) is 0 Å². The predicted octanol–water partition coefficient (Wildman–Crippen LogP) is 2.15. The zero-order valence-electron chi connectivity index (χ0n) is 9.72. The van der Waals surface area contributed by atoms with Gasteiger partial charge < -0.3 is 16.0 Å². The zero-order chi connectivity index (χ0) is 12.4. The Balaban J connectivity index is 1.94. The number of hydrogen-bond donors (Lipinski definition) is 3. The minimum absolute atomic E-state index is 0.688. The molecule has 2 heterocycles. The summed E-state index contributed by atoms with van der Waals surface area (Å²) >= 11 is 0. The van der Waals surface area contributed by atoms with Crippen LogP contribution in [-0.2, 0) is 6.54 Å². The lowest BCUT2D eigenvalue weighted by Gasteiger charge is -2.10. The number of anilines is 2. The Morgan fingerprint density at radius 3 is 2.89 bits per heavy atom. The largest absolute Gasteiger partial charge is 0.398 e. The van der Waals surface area contributed by atoms with E-state index >= 15 is 0 Å². The minimum Gasteiger partial charge on any atom is -0.398 e. The maximum Gasteiger partial charge on any atom is 0.0922 e. The monoisotopic (exact) mass is 239 g/mol. The molecule has 2 aromatic heterocycles. The van der Waals surface area contributed by atoms with E-state index in [1.807, 2.05) is 24.4 Å². The SMILES string of the molecule is Nc1ccc(NCc2cnc[nH]2)c2cnccc12. The van der Waals surface area contributed by atoms with Crippen LogP contribution in [-0.4, -0.2) is 15.0 Å². The van der Waals surface area contributed by atoms with Gasteiger partial charge in [-0.05, 0) is 18.2 Å². The number of hydrogen-bond acceptors (Lipinski definition) is 4. The molecule has 0 spiro atoms. The number of aromatic amines is 1. The van der Waals surface area contributed by atoms with Gasteiger partial charge in [0.05, 0.1) is 18.6 Å². The molecule has 1 aromatic carbocycles. The maximum absolute atomic E-state index is 5.94. The lowest BCUT2D eigenvalue weighted by molar-refractivity contribution is 1.08. The molecule has 0 unspecified atom stereocenters. The van der Waals surface area contributed by atoms with Crippen LogP contribution in [0.3, 0.4) is 0 Å². The summed E-state index contributed by atoms with van der Waals surface area (Å²) in [5.41, 5.74) is 8.75. The number of fused-ring (bicyclic) bond motifs is 1. The van der Waals surface area contributed by atoms with E-state index < -0.39 is 0 Å². The quantitative estimate of drug-likeness (QED) is 0.612. The van der Waals surface area contributed by atoms with Crippen LogP contribution in [0.2, 0.25) is 0 Å². The Labute approximate surface area is 104 Å². The number of rotatable bonds is 3. The normalized spacial score (nSPS) is 10.7. The van der Waals surface area contributed by atoms with Crippen molar-refractivity contribution in [1.82, 2.24) is 15.0 Å². The van der Waals surface area contributed by atoms with Crippen molar-refractivity contribution in [2.24, 2.45) is 0 Å². The van der Waals surface area contributed by atoms with Gasteiger partial charge in [0.15, 0.2) is 0 Å². The number of benzene rings is 1. The molecular formula is C13H13N5. The van der Waals surface area contributed by atoms with Crippen LogP contribution in [0.15, 0.2) is 43.1 Å². The maximum atomic E-state index is 5.94. The van der Waals surface area contributed by atoms with Crippen LogP contribution in [0.4, 0.5) is 11.4 Å². The van der Waals surface area contributed by atoms with Crippen LogP contribution in [0, 0.1) is 0 Å². The summed E-state index contributed by atoms with van der Waals surface area (Å²) in [6.45, 7) is 0.688. The molecule has 5 heteroatoms. The number of pyridine rings is 1. The van der Waals surface area contributed by atoms with Crippen molar-refractivity contribution in [2.75, 3.05) is 11.1 Å². The lowest BCUT2D eigenvalue weighted by Crippen LogP contribution is -2.01. The van der Waals surface area contributed by atoms with Gasteiger partial charge in [0, 0.05) is 40.7 Å². The van der Waals surface area contributed by atoms with E-state index in [2.05, 4.69) is 20.3 Å². The number of nitrogens with two attached hydrogens (primary N) is 1. The molecule has 0 saturated carbocycles. The van der Waals surface area contributed by atoms with E-state index in [0.717, 1.165) is 27.8 Å². The van der Waals surface area contributed by atoms with Crippen molar-refractivity contribution in [3.63, 3.8) is 0 Å². The highest BCUT2D eigenvalue weighted by Crippen LogP contribution is 2.27. The second-order valence-corrected chi connectivity index (χ2v) is 4.05. The number of nitrogens with zero attached hydrogens (tertiary/aromatic N) is 2. The van der Waals surface area contributed by atoms with Gasteiger partial charge in [-0.25, -0.2) is 4.98 Å². The molecule has 3 aromatic rings. The fourth-order valence-corrected chi connectivity index (χ4v) is 1.94. The summed E-state index contributed by atoms with van der Waals surface area (Å²) in [7, 11) is 0. The minimum atomic E-state index is 0.688. The summed E-state index contributed by atoms with van der Waals surface area (Å²) in [6.07, 6.45) is 7.03. The van der Waals surface area contributed by atoms with Crippen LogP contribution < -0.4 is 11.1 Å². The first-order chi connectivity index (χ1) is 8.84. The fourth-order valence-electron chi connectivity index (χ4n) is 1.94. The van der Waals surface area contributed by atoms with Gasteiger partial charge in [-0.2, -0.15) is 0 Å². The average Bonchev–Trinajstić information content (AvgIpc) is 2.92. The van der Waals surface area contributed by atoms with Gasteiger partial charge in [0.1, 0.15) is 0 Å². The molecule has 0 radical (unpaired) electrons. The molecule has 3 rings (SSSR count). The van der Waals surface area contributed by atoms with Gasteiger partial charge in [-0.15, -0.1) is 0 Å². The summed E-state index contributed by atoms with van der Waals surface area (Å²) < 4.78 is 0. The molecular weight excluding hydrogens is 226 g/mol. The third-order valence-electron chi connectivity index (χ3n) is 2.88. The fraction of sp³-hybridized carbons (Fsp3) is 0.0769. The zero-order valence-corrected chi connectivity index (χ0v) is 9.72. The number of imidazole rings is 1. The third-order valence-corrected chi connectivity index (χ3v) is 2.88. The Morgan fingerprint density at radius 2 is 2.06 bits per heavy atom. The predicted molar refractivity (Wildman–Crippen MR) is 72.1 cm³/mol. The second kappa shape index (κ2) is 4.37. The van der Waals surface area contributed by atoms with E-state index in [9.17, 15) is 0 Å². The number of H-pyrrole nitrogens is 1. The van der Waals surface area contributed by atoms with Crippen LogP contribution in [0.25, 0.3) is 10.8 Å². The number of nitrogen functional groups attached to an aromatic ring is 1. The van der Waals surface area contributed by atoms with Crippen molar-refractivity contribution < 1.29 is 0 Å². The Bertz CT molecular complexity index is 660. The molecule has 0 saturated heterocycles. The van der Waals surface area contributed by atoms with Crippen molar-refractivity contribution in [3.05, 3.63) is 48.8 Å². The standard InChI is InChI=1S/C13H13N5/c14-12-1-2-13(11-7-15-4-3-10(11)12)17-6-9-5-16-8-18-9/h1-5,7-8,17H,6,14H2,(H,16,18). The first kappa shape index (κ1) is 10.6. The van der Waals surface area contributed by atoms with Crippen molar-refractivity contribution >= 4 is 22.1 Å². The van der Waals surface area contributed by atoms with Crippen LogP contribution in [0.1, 0.15) is 5.69 Å². The number of nitrogens with one attached hydrogen (secondary N) is 2. The Kier molecular flexibility index (Phi) is 2.57. The first-order valence-electron chi connectivity index (χ1n) is 5.68. The van der Waals surface area contributed by atoms with E-state index in [4.69, 9.17) is 5.73 Å². The molecule has 0 aliphatic heterocycles. The van der Waals surface area contributed by atoms with Gasteiger partial charge >= 0.3 is 0 Å². The van der Waals surface area contributed by atoms with Gasteiger partial charge in [0.25, 0.3) is 0 Å². The van der Waals surface area contributed by atoms with E-state index in [1.165, 1.54) is 0 Å². The lowest BCUT2D eigenvalue weighted by atomic mass is 10.1. The first-order valence-corrected chi connectivity index (χ1v) is 5.68. The number of aromatic nitrogens is 3. The highest BCUT2D eigenvalue weighted by atomic mass is 14.9. The molecule has 18 heavy (non-hydrogen) atoms. The summed E-state index contributed by atoms with van der Waals surface area (Å²) in [6, 6.07) is 5.79. The summed E-state index contributed by atoms with van der Waals surface area (Å²) in [5.74, 6) is 0. The van der Waals surface area contributed by atoms with Gasteiger partial charge in [-0.3, -0.25) is 4.98 Å². The molecule has 0 aliphatic carbocycles. The van der Waals surface area contributed by atoms with E-state index in [1.54, 1.807) is 18.7 Å². The molecule has 5 nitrogen and oxygen atoms in total. The smallest absolute Gasteiger partial charge is 0.0922 e. The third kappa shape index (κ3) is 1.86. The highest BCUT2D eigenvalue weighted by Gasteiger charge is 2.04. The Hall–Kier alpha value is -2.56. The van der Waals surface area contributed by atoms with Crippen molar-refractivity contribution in [2.45, 2.75) is 6.54 Å². The highest BCUT2D eigenvalue weighted by molar-refractivity contribution is 6.00. The van der Waals surface area contributed by atoms with Crippen LogP contribution in [0.5, 0.6) is 0 Å². The molecule has 0 bridgehead atoms. The average molecular weight is 239 g/mol. The van der Waals surface area contributed by atoms with Crippen molar-refractivity contribution in [1.29, 1.82) is 0 Å². The molecule has 90 valence electrons. The molecule has 0 aliphatic rings. The van der Waals surface area contributed by atoms with Gasteiger partial charge in [0.2, 0.25) is 0 Å².